The maximum absolute atomic E-state index is 11.0. The summed E-state index contributed by atoms with van der Waals surface area (Å²) in [5.74, 6) is 0.894. The maximum Gasteiger partial charge on any atom is 0.105 e. The molecule has 0 rings (SSSR count). The fourth-order valence-electron chi connectivity index (χ4n) is 3.74. The van der Waals surface area contributed by atoms with Gasteiger partial charge < -0.3 is 9.29 Å². The molecule has 2 nitrogen and oxygen atoms in total. The molecule has 0 bridgehead atoms. The molecule has 0 saturated heterocycles. The average molecular weight is 431 g/mol. The summed E-state index contributed by atoms with van der Waals surface area (Å²) >= 11 is -0.593. The summed E-state index contributed by atoms with van der Waals surface area (Å²) < 4.78 is 16.8. The highest BCUT2D eigenvalue weighted by atomic mass is 32.2. The quantitative estimate of drug-likeness (QED) is 0.120. The molecule has 0 N–H and O–H groups in total. The van der Waals surface area contributed by atoms with Crippen molar-refractivity contribution >= 4 is 11.2 Å². The van der Waals surface area contributed by atoms with E-state index in [1.807, 2.05) is 6.26 Å². The van der Waals surface area contributed by atoms with Gasteiger partial charge >= 0.3 is 0 Å². The molecule has 0 amide bonds. The van der Waals surface area contributed by atoms with Gasteiger partial charge in [0.2, 0.25) is 0 Å². The van der Waals surface area contributed by atoms with Gasteiger partial charge in [-0.3, -0.25) is 0 Å². The van der Waals surface area contributed by atoms with Crippen LogP contribution in [-0.4, -0.2) is 29.8 Å². The van der Waals surface area contributed by atoms with Crippen LogP contribution in [0, 0.1) is 5.41 Å². The van der Waals surface area contributed by atoms with Crippen molar-refractivity contribution in [2.75, 3.05) is 25.2 Å². The summed E-state index contributed by atoms with van der Waals surface area (Å²) in [6.07, 6.45) is 26.0. The van der Waals surface area contributed by atoms with Crippen molar-refractivity contribution in [3.05, 3.63) is 0 Å². The van der Waals surface area contributed by atoms with Crippen LogP contribution in [0.1, 0.15) is 136 Å². The summed E-state index contributed by atoms with van der Waals surface area (Å²) in [6, 6.07) is 0. The van der Waals surface area contributed by atoms with Crippen LogP contribution in [0.4, 0.5) is 0 Å². The van der Waals surface area contributed by atoms with Crippen LogP contribution in [-0.2, 0) is 15.9 Å². The minimum Gasteiger partial charge on any atom is -0.617 e. The van der Waals surface area contributed by atoms with E-state index < -0.39 is 11.2 Å². The van der Waals surface area contributed by atoms with Crippen molar-refractivity contribution in [2.24, 2.45) is 5.41 Å². The third kappa shape index (κ3) is 24.4. The fraction of sp³-hybridized carbons (Fsp3) is 1.00. The van der Waals surface area contributed by atoms with Crippen LogP contribution >= 0.6 is 0 Å². The van der Waals surface area contributed by atoms with Gasteiger partial charge in [-0.1, -0.05) is 115 Å². The van der Waals surface area contributed by atoms with Gasteiger partial charge in [-0.2, -0.15) is 0 Å². The zero-order valence-corrected chi connectivity index (χ0v) is 21.4. The lowest BCUT2D eigenvalue weighted by Crippen LogP contribution is -2.10. The van der Waals surface area contributed by atoms with Crippen molar-refractivity contribution in [2.45, 2.75) is 136 Å². The molecule has 0 heterocycles. The van der Waals surface area contributed by atoms with E-state index in [-0.39, 0.29) is 0 Å². The zero-order chi connectivity index (χ0) is 21.6. The van der Waals surface area contributed by atoms with E-state index in [1.165, 1.54) is 109 Å². The molecule has 3 heteroatoms. The lowest BCUT2D eigenvalue weighted by atomic mass is 9.85. The molecular formula is C26H54O2S. The van der Waals surface area contributed by atoms with Gasteiger partial charge in [-0.25, -0.2) is 0 Å². The van der Waals surface area contributed by atoms with E-state index >= 15 is 0 Å². The molecule has 0 spiro atoms. The third-order valence-corrected chi connectivity index (χ3v) is 7.18. The van der Waals surface area contributed by atoms with E-state index in [9.17, 15) is 4.55 Å². The molecule has 0 aliphatic rings. The minimum atomic E-state index is -0.593. The fourth-order valence-corrected chi connectivity index (χ4v) is 4.35. The van der Waals surface area contributed by atoms with Crippen molar-refractivity contribution in [1.82, 2.24) is 0 Å². The monoisotopic (exact) mass is 430 g/mol. The van der Waals surface area contributed by atoms with Crippen LogP contribution in [0.2, 0.25) is 0 Å². The predicted molar refractivity (Wildman–Crippen MR) is 132 cm³/mol. The molecule has 176 valence electrons. The summed E-state index contributed by atoms with van der Waals surface area (Å²) in [4.78, 5) is 0. The van der Waals surface area contributed by atoms with Crippen molar-refractivity contribution in [1.29, 1.82) is 0 Å². The SMILES string of the molecule is CCC(C)(C)CCCOCCCCCCCCCCCCCCCCC[S+](C)[O-]. The van der Waals surface area contributed by atoms with Crippen molar-refractivity contribution < 1.29 is 9.29 Å². The molecule has 0 aromatic carbocycles. The Bertz CT molecular complexity index is 318. The highest BCUT2D eigenvalue weighted by Crippen LogP contribution is 2.25. The number of hydrogen-bond acceptors (Lipinski definition) is 2. The highest BCUT2D eigenvalue weighted by Gasteiger charge is 2.13. The molecular weight excluding hydrogens is 376 g/mol. The Morgan fingerprint density at radius 2 is 1.00 bits per heavy atom. The summed E-state index contributed by atoms with van der Waals surface area (Å²) in [6.45, 7) is 8.91. The largest absolute Gasteiger partial charge is 0.617 e. The Morgan fingerprint density at radius 1 is 0.621 bits per heavy atom. The first kappa shape index (κ1) is 29.3. The van der Waals surface area contributed by atoms with Crippen LogP contribution in [0.3, 0.4) is 0 Å². The standard InChI is InChI=1S/C26H54O2S/c1-5-26(2,3)22-21-24-28-23-19-17-15-13-11-9-7-6-8-10-12-14-16-18-20-25-29(4)27/h5-25H2,1-4H3. The molecule has 29 heavy (non-hydrogen) atoms. The number of unbranched alkanes of at least 4 members (excludes halogenated alkanes) is 14. The first-order chi connectivity index (χ1) is 14.0. The summed E-state index contributed by atoms with van der Waals surface area (Å²) in [5, 5.41) is 0. The van der Waals surface area contributed by atoms with E-state index in [2.05, 4.69) is 20.8 Å². The van der Waals surface area contributed by atoms with Gasteiger partial charge in [0.1, 0.15) is 5.75 Å². The first-order valence-electron chi connectivity index (χ1n) is 12.9. The Balaban J connectivity index is 3.07. The lowest BCUT2D eigenvalue weighted by Gasteiger charge is -2.22. The molecule has 1 atom stereocenters. The molecule has 0 aliphatic carbocycles. The second-order valence-electron chi connectivity index (χ2n) is 9.81. The number of ether oxygens (including phenoxy) is 1. The smallest absolute Gasteiger partial charge is 0.105 e. The molecule has 0 aliphatic heterocycles. The van der Waals surface area contributed by atoms with Gasteiger partial charge in [0.25, 0.3) is 0 Å². The van der Waals surface area contributed by atoms with Crippen LogP contribution in [0.15, 0.2) is 0 Å². The number of rotatable bonds is 23. The second kappa shape index (κ2) is 21.5. The van der Waals surface area contributed by atoms with E-state index in [4.69, 9.17) is 4.74 Å². The molecule has 0 fully saturated rings. The zero-order valence-electron chi connectivity index (χ0n) is 20.6. The van der Waals surface area contributed by atoms with Gasteiger partial charge in [0.15, 0.2) is 0 Å². The van der Waals surface area contributed by atoms with Crippen molar-refractivity contribution in [3.63, 3.8) is 0 Å². The molecule has 0 aromatic rings. The Labute approximate surface area is 187 Å². The Kier molecular flexibility index (Phi) is 21.7. The molecule has 0 radical (unpaired) electrons. The van der Waals surface area contributed by atoms with E-state index in [1.54, 1.807) is 0 Å². The van der Waals surface area contributed by atoms with Gasteiger partial charge in [0.05, 0.1) is 6.26 Å². The van der Waals surface area contributed by atoms with Gasteiger partial charge in [0, 0.05) is 13.2 Å². The highest BCUT2D eigenvalue weighted by molar-refractivity contribution is 7.90. The Hall–Kier alpha value is 0.270. The van der Waals surface area contributed by atoms with Crippen LogP contribution in [0.25, 0.3) is 0 Å². The molecule has 0 saturated carbocycles. The minimum absolute atomic E-state index is 0.488. The normalized spacial score (nSPS) is 13.1. The van der Waals surface area contributed by atoms with Crippen LogP contribution in [0.5, 0.6) is 0 Å². The second-order valence-corrected chi connectivity index (χ2v) is 11.4. The average Bonchev–Trinajstić information content (AvgIpc) is 2.69. The summed E-state index contributed by atoms with van der Waals surface area (Å²) in [5.41, 5.74) is 0.488. The lowest BCUT2D eigenvalue weighted by molar-refractivity contribution is 0.116. The van der Waals surface area contributed by atoms with E-state index in [0.29, 0.717) is 5.41 Å². The summed E-state index contributed by atoms with van der Waals surface area (Å²) in [7, 11) is 0. The van der Waals surface area contributed by atoms with Gasteiger partial charge in [-0.05, 0) is 37.5 Å². The molecule has 1 unspecified atom stereocenters. The maximum atomic E-state index is 11.0. The topological polar surface area (TPSA) is 32.3 Å². The third-order valence-electron chi connectivity index (χ3n) is 6.32. The Morgan fingerprint density at radius 3 is 1.41 bits per heavy atom. The first-order valence-corrected chi connectivity index (χ1v) is 14.6. The number of hydrogen-bond donors (Lipinski definition) is 0. The van der Waals surface area contributed by atoms with Crippen LogP contribution < -0.4 is 0 Å². The van der Waals surface area contributed by atoms with Crippen molar-refractivity contribution in [3.8, 4) is 0 Å². The predicted octanol–water partition coefficient (Wildman–Crippen LogP) is 8.45. The van der Waals surface area contributed by atoms with Gasteiger partial charge in [-0.15, -0.1) is 0 Å². The van der Waals surface area contributed by atoms with E-state index in [0.717, 1.165) is 25.4 Å². The molecule has 0 aromatic heterocycles.